The highest BCUT2D eigenvalue weighted by Crippen LogP contribution is 2.34. The molecular weight excluding hydrogens is 498 g/mol. The number of carbonyl (C=O) groups excluding carboxylic acids is 1. The summed E-state index contributed by atoms with van der Waals surface area (Å²) < 4.78 is 16.7. The van der Waals surface area contributed by atoms with Crippen LogP contribution in [0.4, 0.5) is 27.8 Å². The first-order chi connectivity index (χ1) is 18.7. The molecule has 0 saturated carbocycles. The smallest absolute Gasteiger partial charge is 0.410 e. The lowest BCUT2D eigenvalue weighted by molar-refractivity contribution is 0.0240. The predicted molar refractivity (Wildman–Crippen MR) is 150 cm³/mol. The zero-order valence-electron chi connectivity index (χ0n) is 23.5. The van der Waals surface area contributed by atoms with Crippen molar-refractivity contribution in [1.29, 1.82) is 5.26 Å². The number of ether oxygens (including phenoxy) is 3. The summed E-state index contributed by atoms with van der Waals surface area (Å²) in [6, 6.07) is 8.23. The number of anilines is 4. The second-order valence-electron chi connectivity index (χ2n) is 10.7. The van der Waals surface area contributed by atoms with Crippen LogP contribution in [-0.4, -0.2) is 79.1 Å². The topological polar surface area (TPSA) is 125 Å². The van der Waals surface area contributed by atoms with Crippen LogP contribution in [-0.2, 0) is 15.9 Å². The van der Waals surface area contributed by atoms with Gasteiger partial charge >= 0.3 is 6.09 Å². The van der Waals surface area contributed by atoms with E-state index in [1.54, 1.807) is 12.0 Å². The van der Waals surface area contributed by atoms with Crippen molar-refractivity contribution in [2.24, 2.45) is 0 Å². The second kappa shape index (κ2) is 12.4. The number of nitrogens with one attached hydrogen (secondary N) is 2. The lowest BCUT2D eigenvalue weighted by Crippen LogP contribution is -2.50. The number of aromatic nitrogens is 2. The third-order valence-corrected chi connectivity index (χ3v) is 6.69. The van der Waals surface area contributed by atoms with Crippen LogP contribution in [0.2, 0.25) is 0 Å². The van der Waals surface area contributed by atoms with Crippen LogP contribution in [0.3, 0.4) is 0 Å². The summed E-state index contributed by atoms with van der Waals surface area (Å²) in [5, 5.41) is 16.5. The van der Waals surface area contributed by atoms with E-state index in [0.29, 0.717) is 50.0 Å². The quantitative estimate of drug-likeness (QED) is 0.528. The van der Waals surface area contributed by atoms with Crippen molar-refractivity contribution < 1.29 is 19.0 Å². The maximum Gasteiger partial charge on any atom is 0.410 e. The second-order valence-corrected chi connectivity index (χ2v) is 10.7. The van der Waals surface area contributed by atoms with Gasteiger partial charge in [0, 0.05) is 57.2 Å². The van der Waals surface area contributed by atoms with Gasteiger partial charge in [0.25, 0.3) is 0 Å². The molecule has 1 aromatic heterocycles. The van der Waals surface area contributed by atoms with Crippen LogP contribution in [0.25, 0.3) is 0 Å². The van der Waals surface area contributed by atoms with E-state index in [0.717, 1.165) is 43.1 Å². The van der Waals surface area contributed by atoms with Gasteiger partial charge in [-0.25, -0.2) is 14.8 Å². The molecule has 1 amide bonds. The van der Waals surface area contributed by atoms with Crippen LogP contribution in [0.1, 0.15) is 51.9 Å². The molecule has 2 aliphatic rings. The number of carbonyl (C=O) groups is 1. The van der Waals surface area contributed by atoms with E-state index in [4.69, 9.17) is 19.2 Å². The minimum atomic E-state index is -0.519. The molecule has 0 aliphatic carbocycles. The molecule has 0 spiro atoms. The van der Waals surface area contributed by atoms with Crippen molar-refractivity contribution in [3.63, 3.8) is 0 Å². The largest absolute Gasteiger partial charge is 0.495 e. The molecule has 2 aromatic rings. The highest BCUT2D eigenvalue weighted by molar-refractivity contribution is 5.71. The minimum absolute atomic E-state index is 0.241. The van der Waals surface area contributed by atoms with Crippen molar-refractivity contribution in [3.05, 3.63) is 29.6 Å². The highest BCUT2D eigenvalue weighted by atomic mass is 16.6. The average molecular weight is 538 g/mol. The molecule has 2 aliphatic heterocycles. The number of piperazine rings is 1. The Morgan fingerprint density at radius 3 is 2.49 bits per heavy atom. The van der Waals surface area contributed by atoms with E-state index in [1.165, 1.54) is 0 Å². The van der Waals surface area contributed by atoms with Crippen LogP contribution in [0.15, 0.2) is 18.2 Å². The maximum atomic E-state index is 12.4. The van der Waals surface area contributed by atoms with Gasteiger partial charge in [0.2, 0.25) is 0 Å². The Labute approximate surface area is 230 Å². The molecule has 3 heterocycles. The SMILES string of the molecule is CCc1nc(C#N)c(Nc2ccc(N3CCN(C(=O)OC(C)(C)C)CC3)c(OC)c2)nc1NC1CCOCC1. The zero-order valence-corrected chi connectivity index (χ0v) is 23.5. The molecule has 0 bridgehead atoms. The summed E-state index contributed by atoms with van der Waals surface area (Å²) in [7, 11) is 1.63. The van der Waals surface area contributed by atoms with Crippen LogP contribution < -0.4 is 20.3 Å². The molecule has 2 fully saturated rings. The van der Waals surface area contributed by atoms with Crippen molar-refractivity contribution in [2.75, 3.05) is 62.0 Å². The van der Waals surface area contributed by atoms with Crippen molar-refractivity contribution in [3.8, 4) is 11.8 Å². The van der Waals surface area contributed by atoms with Crippen molar-refractivity contribution in [2.45, 2.75) is 58.6 Å². The molecule has 2 saturated heterocycles. The summed E-state index contributed by atoms with van der Waals surface area (Å²) in [5.74, 6) is 1.77. The molecule has 2 N–H and O–H groups in total. The summed E-state index contributed by atoms with van der Waals surface area (Å²) in [5.41, 5.74) is 2.15. The lowest BCUT2D eigenvalue weighted by Gasteiger charge is -2.37. The third kappa shape index (κ3) is 7.20. The van der Waals surface area contributed by atoms with Gasteiger partial charge in [-0.1, -0.05) is 6.92 Å². The van der Waals surface area contributed by atoms with E-state index in [2.05, 4.69) is 26.6 Å². The maximum absolute atomic E-state index is 12.4. The first-order valence-corrected chi connectivity index (χ1v) is 13.5. The molecule has 4 rings (SSSR count). The van der Waals surface area contributed by atoms with Gasteiger partial charge in [0.1, 0.15) is 17.4 Å². The Bertz CT molecular complexity index is 1190. The zero-order chi connectivity index (χ0) is 28.0. The molecule has 0 radical (unpaired) electrons. The molecule has 39 heavy (non-hydrogen) atoms. The fraction of sp³-hybridized carbons (Fsp3) is 0.571. The van der Waals surface area contributed by atoms with Gasteiger partial charge in [-0.2, -0.15) is 5.26 Å². The number of nitrogens with zero attached hydrogens (tertiary/aromatic N) is 5. The standard InChI is InChI=1S/C28H39N7O4/c1-6-21-25(30-19-9-15-38-16-10-19)33-26(22(18-29)32-21)31-20-7-8-23(24(17-20)37-5)34-11-13-35(14-12-34)27(36)39-28(2,3)4/h7-8,17,19H,6,9-16H2,1-5H3,(H2,30,31,33). The summed E-state index contributed by atoms with van der Waals surface area (Å²) in [4.78, 5) is 25.7. The highest BCUT2D eigenvalue weighted by Gasteiger charge is 2.27. The van der Waals surface area contributed by atoms with Gasteiger partial charge in [-0.05, 0) is 52.2 Å². The number of hydrogen-bond acceptors (Lipinski definition) is 10. The first kappa shape index (κ1) is 28.2. The molecule has 210 valence electrons. The Balaban J connectivity index is 1.49. The molecule has 11 heteroatoms. The number of aryl methyl sites for hydroxylation is 1. The summed E-state index contributed by atoms with van der Waals surface area (Å²) in [6.07, 6.45) is 2.18. The number of hydrogen-bond donors (Lipinski definition) is 2. The first-order valence-electron chi connectivity index (χ1n) is 13.5. The Morgan fingerprint density at radius 1 is 1.15 bits per heavy atom. The molecule has 11 nitrogen and oxygen atoms in total. The number of nitriles is 1. The number of rotatable bonds is 7. The average Bonchev–Trinajstić information content (AvgIpc) is 2.93. The van der Waals surface area contributed by atoms with Gasteiger partial charge in [-0.3, -0.25) is 0 Å². The van der Waals surface area contributed by atoms with E-state index in [-0.39, 0.29) is 17.8 Å². The van der Waals surface area contributed by atoms with E-state index >= 15 is 0 Å². The molecular formula is C28H39N7O4. The number of amides is 1. The molecule has 0 unspecified atom stereocenters. The third-order valence-electron chi connectivity index (χ3n) is 6.69. The summed E-state index contributed by atoms with van der Waals surface area (Å²) >= 11 is 0. The number of methoxy groups -OCH3 is 1. The monoisotopic (exact) mass is 537 g/mol. The van der Waals surface area contributed by atoms with Gasteiger partial charge in [0.15, 0.2) is 17.3 Å². The van der Waals surface area contributed by atoms with Crippen molar-refractivity contribution >= 4 is 29.1 Å². The van der Waals surface area contributed by atoms with Crippen LogP contribution >= 0.6 is 0 Å². The normalized spacial score (nSPS) is 16.4. The Hall–Kier alpha value is -3.78. The van der Waals surface area contributed by atoms with Gasteiger partial charge < -0.3 is 34.6 Å². The fourth-order valence-corrected chi connectivity index (χ4v) is 4.64. The van der Waals surface area contributed by atoms with E-state index in [9.17, 15) is 10.1 Å². The van der Waals surface area contributed by atoms with Crippen molar-refractivity contribution in [1.82, 2.24) is 14.9 Å². The number of benzene rings is 1. The van der Waals surface area contributed by atoms with Crippen LogP contribution in [0.5, 0.6) is 5.75 Å². The molecule has 1 aromatic carbocycles. The van der Waals surface area contributed by atoms with E-state index < -0.39 is 5.60 Å². The fourth-order valence-electron chi connectivity index (χ4n) is 4.64. The minimum Gasteiger partial charge on any atom is -0.495 e. The van der Waals surface area contributed by atoms with E-state index in [1.807, 2.05) is 45.9 Å². The van der Waals surface area contributed by atoms with Crippen LogP contribution in [0, 0.1) is 11.3 Å². The molecule has 0 atom stereocenters. The Morgan fingerprint density at radius 2 is 1.87 bits per heavy atom. The lowest BCUT2D eigenvalue weighted by atomic mass is 10.1. The van der Waals surface area contributed by atoms with Gasteiger partial charge in [0.05, 0.1) is 18.5 Å². The predicted octanol–water partition coefficient (Wildman–Crippen LogP) is 4.31. The van der Waals surface area contributed by atoms with Gasteiger partial charge in [-0.15, -0.1) is 0 Å². The summed E-state index contributed by atoms with van der Waals surface area (Å²) in [6.45, 7) is 11.5. The Kier molecular flexibility index (Phi) is 8.97.